The number of hydrogen-bond acceptors (Lipinski definition) is 7. The molecule has 3 fully saturated rings. The molecule has 3 aromatic rings. The van der Waals surface area contributed by atoms with Gasteiger partial charge in [0.15, 0.2) is 17.4 Å². The quantitative estimate of drug-likeness (QED) is 0.525. The Balaban J connectivity index is 1.25. The minimum Gasteiger partial charge on any atom is -0.329 e. The van der Waals surface area contributed by atoms with E-state index in [0.29, 0.717) is 35.8 Å². The lowest BCUT2D eigenvalue weighted by atomic mass is 9.90. The van der Waals surface area contributed by atoms with Crippen LogP contribution in [-0.4, -0.2) is 56.3 Å². The standard InChI is InChI=1S/C23H30N8O/c32-20(13-15-7-9-24-10-8-15)18-3-1-11-30(18)23-26-22(19-4-2-12-31(19)29-23)25-21-14-17(27-28-21)16-5-6-16/h2,4,12,14-16,18,24H,1,3,5-11,13H2,(H2,25,26,27,28,29)/t18-/m0/s1. The highest BCUT2D eigenvalue weighted by Crippen LogP contribution is 2.39. The van der Waals surface area contributed by atoms with Gasteiger partial charge in [-0.1, -0.05) is 0 Å². The summed E-state index contributed by atoms with van der Waals surface area (Å²) in [6.07, 6.45) is 9.08. The van der Waals surface area contributed by atoms with Crippen LogP contribution in [0.15, 0.2) is 24.4 Å². The minimum atomic E-state index is -0.127. The fourth-order valence-electron chi connectivity index (χ4n) is 5.11. The highest BCUT2D eigenvalue weighted by atomic mass is 16.1. The molecule has 1 saturated carbocycles. The number of nitrogens with one attached hydrogen (secondary N) is 3. The van der Waals surface area contributed by atoms with Crippen LogP contribution in [0.3, 0.4) is 0 Å². The Bertz CT molecular complexity index is 1110. The van der Waals surface area contributed by atoms with Gasteiger partial charge in [-0.3, -0.25) is 9.89 Å². The normalized spacial score (nSPS) is 22.0. The van der Waals surface area contributed by atoms with Gasteiger partial charge in [-0.05, 0) is 69.7 Å². The summed E-state index contributed by atoms with van der Waals surface area (Å²) in [5.74, 6) is 3.53. The van der Waals surface area contributed by atoms with Gasteiger partial charge in [0.1, 0.15) is 5.52 Å². The van der Waals surface area contributed by atoms with Gasteiger partial charge >= 0.3 is 0 Å². The number of rotatable bonds is 7. The van der Waals surface area contributed by atoms with Gasteiger partial charge in [0.25, 0.3) is 0 Å². The molecule has 32 heavy (non-hydrogen) atoms. The molecule has 3 aromatic heterocycles. The fraction of sp³-hybridized carbons (Fsp3) is 0.565. The van der Waals surface area contributed by atoms with Crippen LogP contribution in [0, 0.1) is 5.92 Å². The van der Waals surface area contributed by atoms with Crippen molar-refractivity contribution < 1.29 is 4.79 Å². The molecule has 0 spiro atoms. The van der Waals surface area contributed by atoms with Gasteiger partial charge in [-0.25, -0.2) is 4.52 Å². The van der Waals surface area contributed by atoms with E-state index in [1.165, 1.54) is 18.5 Å². The molecule has 2 saturated heterocycles. The molecule has 0 amide bonds. The van der Waals surface area contributed by atoms with Gasteiger partial charge in [0.05, 0.1) is 6.04 Å². The summed E-state index contributed by atoms with van der Waals surface area (Å²) in [6.45, 7) is 2.85. The molecule has 1 aliphatic carbocycles. The van der Waals surface area contributed by atoms with E-state index >= 15 is 0 Å². The zero-order chi connectivity index (χ0) is 21.5. The van der Waals surface area contributed by atoms with Crippen molar-refractivity contribution in [3.8, 4) is 0 Å². The van der Waals surface area contributed by atoms with Crippen molar-refractivity contribution in [1.29, 1.82) is 0 Å². The highest BCUT2D eigenvalue weighted by Gasteiger charge is 2.34. The molecular weight excluding hydrogens is 404 g/mol. The number of Topliss-reactive ketones (excluding diaryl/α,β-unsaturated/α-hetero) is 1. The second-order valence-electron chi connectivity index (χ2n) is 9.42. The SMILES string of the molecule is O=C(CC1CCNCC1)[C@@H]1CCCN1c1nc(Nc2cc(C3CC3)[nH]n2)c2cccn2n1. The maximum absolute atomic E-state index is 13.2. The molecule has 2 aliphatic heterocycles. The summed E-state index contributed by atoms with van der Waals surface area (Å²) in [7, 11) is 0. The van der Waals surface area contributed by atoms with E-state index in [2.05, 4.69) is 31.8 Å². The molecule has 3 aliphatic rings. The number of H-pyrrole nitrogens is 1. The first-order valence-electron chi connectivity index (χ1n) is 11.9. The highest BCUT2D eigenvalue weighted by molar-refractivity contribution is 5.87. The third-order valence-electron chi connectivity index (χ3n) is 7.07. The molecule has 0 bridgehead atoms. The number of hydrogen-bond donors (Lipinski definition) is 3. The van der Waals surface area contributed by atoms with E-state index in [1.807, 2.05) is 22.8 Å². The largest absolute Gasteiger partial charge is 0.329 e. The third kappa shape index (κ3) is 3.85. The second-order valence-corrected chi connectivity index (χ2v) is 9.42. The van der Waals surface area contributed by atoms with E-state index < -0.39 is 0 Å². The van der Waals surface area contributed by atoms with Gasteiger partial charge in [-0.15, -0.1) is 5.10 Å². The van der Waals surface area contributed by atoms with Crippen LogP contribution in [0.2, 0.25) is 0 Å². The molecular formula is C23H30N8O. The molecule has 1 atom stereocenters. The van der Waals surface area contributed by atoms with Crippen LogP contribution in [-0.2, 0) is 4.79 Å². The van der Waals surface area contributed by atoms with E-state index in [-0.39, 0.29) is 6.04 Å². The monoisotopic (exact) mass is 434 g/mol. The Morgan fingerprint density at radius 1 is 1.19 bits per heavy atom. The zero-order valence-corrected chi connectivity index (χ0v) is 18.3. The smallest absolute Gasteiger partial charge is 0.246 e. The first-order chi connectivity index (χ1) is 15.7. The van der Waals surface area contributed by atoms with Crippen molar-refractivity contribution in [1.82, 2.24) is 30.1 Å². The number of aromatic amines is 1. The van der Waals surface area contributed by atoms with E-state index in [9.17, 15) is 4.79 Å². The third-order valence-corrected chi connectivity index (χ3v) is 7.07. The van der Waals surface area contributed by atoms with Crippen LogP contribution in [0.25, 0.3) is 5.52 Å². The molecule has 168 valence electrons. The summed E-state index contributed by atoms with van der Waals surface area (Å²) < 4.78 is 1.84. The molecule has 0 aromatic carbocycles. The summed E-state index contributed by atoms with van der Waals surface area (Å²) in [5, 5.41) is 19.1. The van der Waals surface area contributed by atoms with Crippen molar-refractivity contribution >= 4 is 28.9 Å². The topological polar surface area (TPSA) is 103 Å². The van der Waals surface area contributed by atoms with Gasteiger partial charge in [0.2, 0.25) is 5.95 Å². The zero-order valence-electron chi connectivity index (χ0n) is 18.3. The summed E-state index contributed by atoms with van der Waals surface area (Å²) in [5.41, 5.74) is 2.07. The Kier molecular flexibility index (Phi) is 5.05. The van der Waals surface area contributed by atoms with E-state index in [4.69, 9.17) is 10.1 Å². The van der Waals surface area contributed by atoms with E-state index in [1.54, 1.807) is 0 Å². The lowest BCUT2D eigenvalue weighted by Crippen LogP contribution is -2.39. The predicted octanol–water partition coefficient (Wildman–Crippen LogP) is 3.00. The minimum absolute atomic E-state index is 0.127. The van der Waals surface area contributed by atoms with Crippen molar-refractivity contribution in [2.24, 2.45) is 5.92 Å². The van der Waals surface area contributed by atoms with Crippen molar-refractivity contribution in [3.05, 3.63) is 30.1 Å². The average molecular weight is 435 g/mol. The molecule has 6 rings (SSSR count). The maximum Gasteiger partial charge on any atom is 0.246 e. The number of aromatic nitrogens is 5. The van der Waals surface area contributed by atoms with E-state index in [0.717, 1.165) is 56.7 Å². The lowest BCUT2D eigenvalue weighted by molar-refractivity contribution is -0.121. The summed E-state index contributed by atoms with van der Waals surface area (Å²) in [6, 6.07) is 5.89. The number of fused-ring (bicyclic) bond motifs is 1. The fourth-order valence-corrected chi connectivity index (χ4v) is 5.11. The first-order valence-corrected chi connectivity index (χ1v) is 11.9. The number of carbonyl (C=O) groups is 1. The maximum atomic E-state index is 13.2. The van der Waals surface area contributed by atoms with Crippen molar-refractivity contribution in [2.75, 3.05) is 29.9 Å². The predicted molar refractivity (Wildman–Crippen MR) is 122 cm³/mol. The number of ketones is 1. The Morgan fingerprint density at radius 3 is 2.91 bits per heavy atom. The van der Waals surface area contributed by atoms with Gasteiger partial charge < -0.3 is 15.5 Å². The Morgan fingerprint density at radius 2 is 2.06 bits per heavy atom. The van der Waals surface area contributed by atoms with Crippen molar-refractivity contribution in [3.63, 3.8) is 0 Å². The number of piperidine rings is 1. The Labute approximate surface area is 187 Å². The number of nitrogens with zero attached hydrogens (tertiary/aromatic N) is 5. The first kappa shape index (κ1) is 19.7. The Hall–Kier alpha value is -2.94. The second kappa shape index (κ2) is 8.20. The number of carbonyl (C=O) groups excluding carboxylic acids is 1. The van der Waals surface area contributed by atoms with Gasteiger partial charge in [-0.2, -0.15) is 10.1 Å². The number of anilines is 3. The molecule has 5 heterocycles. The molecule has 9 heteroatoms. The molecule has 3 N–H and O–H groups in total. The van der Waals surface area contributed by atoms with Crippen molar-refractivity contribution in [2.45, 2.75) is 56.9 Å². The van der Waals surface area contributed by atoms with Crippen LogP contribution in [0.5, 0.6) is 0 Å². The summed E-state index contributed by atoms with van der Waals surface area (Å²) in [4.78, 5) is 20.2. The van der Waals surface area contributed by atoms with Crippen LogP contribution >= 0.6 is 0 Å². The molecule has 9 nitrogen and oxygen atoms in total. The van der Waals surface area contributed by atoms with Crippen LogP contribution < -0.4 is 15.5 Å². The van der Waals surface area contributed by atoms with Crippen LogP contribution in [0.4, 0.5) is 17.6 Å². The molecule has 0 radical (unpaired) electrons. The molecule has 0 unspecified atom stereocenters. The average Bonchev–Trinajstić information content (AvgIpc) is 3.20. The lowest BCUT2D eigenvalue weighted by Gasteiger charge is -2.27. The van der Waals surface area contributed by atoms with Crippen LogP contribution in [0.1, 0.15) is 56.6 Å². The van der Waals surface area contributed by atoms with Gasteiger partial charge in [0, 0.05) is 36.8 Å². The summed E-state index contributed by atoms with van der Waals surface area (Å²) >= 11 is 0.